The average Bonchev–Trinajstić information content (AvgIpc) is 3.10. The van der Waals surface area contributed by atoms with Crippen LogP contribution >= 0.6 is 15.9 Å². The lowest BCUT2D eigenvalue weighted by Crippen LogP contribution is -2.36. The van der Waals surface area contributed by atoms with Crippen LogP contribution in [0.1, 0.15) is 36.0 Å². The zero-order valence-electron chi connectivity index (χ0n) is 11.9. The van der Waals surface area contributed by atoms with Crippen LogP contribution in [0.5, 0.6) is 0 Å². The summed E-state index contributed by atoms with van der Waals surface area (Å²) in [6.07, 6.45) is 5.57. The van der Waals surface area contributed by atoms with E-state index < -0.39 is 0 Å². The van der Waals surface area contributed by atoms with Gasteiger partial charge in [-0.1, -0.05) is 45.3 Å². The first-order valence-electron chi connectivity index (χ1n) is 7.38. The Labute approximate surface area is 124 Å². The molecule has 0 amide bonds. The van der Waals surface area contributed by atoms with E-state index in [0.29, 0.717) is 11.5 Å². The highest BCUT2D eigenvalue weighted by Crippen LogP contribution is 2.50. The predicted molar refractivity (Wildman–Crippen MR) is 82.9 cm³/mol. The molecule has 3 rings (SSSR count). The molecular formula is C17H23BrO. The van der Waals surface area contributed by atoms with Crippen LogP contribution in [-0.4, -0.2) is 18.0 Å². The zero-order chi connectivity index (χ0) is 13.5. The third kappa shape index (κ3) is 2.75. The lowest BCUT2D eigenvalue weighted by molar-refractivity contribution is 0.0413. The van der Waals surface area contributed by atoms with Crippen molar-refractivity contribution in [2.75, 3.05) is 11.9 Å². The Morgan fingerprint density at radius 3 is 2.47 bits per heavy atom. The van der Waals surface area contributed by atoms with Gasteiger partial charge in [-0.05, 0) is 51.0 Å². The molecule has 1 saturated heterocycles. The highest BCUT2D eigenvalue weighted by atomic mass is 79.9. The first-order valence-corrected chi connectivity index (χ1v) is 8.50. The monoisotopic (exact) mass is 322 g/mol. The van der Waals surface area contributed by atoms with Crippen molar-refractivity contribution in [2.24, 2.45) is 11.3 Å². The highest BCUT2D eigenvalue weighted by Gasteiger charge is 2.50. The van der Waals surface area contributed by atoms with E-state index in [-0.39, 0.29) is 0 Å². The highest BCUT2D eigenvalue weighted by molar-refractivity contribution is 9.09. The van der Waals surface area contributed by atoms with Crippen molar-refractivity contribution >= 4 is 15.9 Å². The molecule has 1 aromatic rings. The van der Waals surface area contributed by atoms with Gasteiger partial charge < -0.3 is 4.74 Å². The quantitative estimate of drug-likeness (QED) is 0.745. The van der Waals surface area contributed by atoms with Gasteiger partial charge in [0.1, 0.15) is 0 Å². The Balaban J connectivity index is 1.85. The molecule has 1 heterocycles. The Morgan fingerprint density at radius 2 is 1.89 bits per heavy atom. The van der Waals surface area contributed by atoms with Gasteiger partial charge in [-0.15, -0.1) is 0 Å². The first-order chi connectivity index (χ1) is 9.13. The molecule has 104 valence electrons. The largest absolute Gasteiger partial charge is 0.377 e. The molecular weight excluding hydrogens is 300 g/mol. The molecule has 0 aromatic heterocycles. The third-order valence-corrected chi connectivity index (χ3v) is 5.77. The first kappa shape index (κ1) is 13.6. The van der Waals surface area contributed by atoms with Gasteiger partial charge in [0.15, 0.2) is 0 Å². The second kappa shape index (κ2) is 5.21. The molecule has 2 fully saturated rings. The molecule has 1 aliphatic heterocycles. The number of benzene rings is 1. The average molecular weight is 323 g/mol. The minimum absolute atomic E-state index is 0.321. The maximum atomic E-state index is 6.09. The maximum absolute atomic E-state index is 6.09. The summed E-state index contributed by atoms with van der Waals surface area (Å²) < 4.78 is 6.09. The topological polar surface area (TPSA) is 9.23 Å². The summed E-state index contributed by atoms with van der Waals surface area (Å²) in [5, 5.41) is 1.06. The molecule has 0 spiro atoms. The van der Waals surface area contributed by atoms with Crippen LogP contribution in [0.2, 0.25) is 0 Å². The maximum Gasteiger partial charge on any atom is 0.0671 e. The number of halogens is 1. The van der Waals surface area contributed by atoms with Crippen LogP contribution in [0.3, 0.4) is 0 Å². The van der Waals surface area contributed by atoms with Gasteiger partial charge in [0.2, 0.25) is 0 Å². The van der Waals surface area contributed by atoms with Gasteiger partial charge in [-0.25, -0.2) is 0 Å². The summed E-state index contributed by atoms with van der Waals surface area (Å²) in [7, 11) is 0. The van der Waals surface area contributed by atoms with E-state index in [0.717, 1.165) is 24.3 Å². The molecule has 1 aromatic carbocycles. The van der Waals surface area contributed by atoms with Gasteiger partial charge in [0, 0.05) is 17.4 Å². The number of hydrogen-bond acceptors (Lipinski definition) is 1. The Hall–Kier alpha value is -0.340. The second-order valence-electron chi connectivity index (χ2n) is 6.55. The number of rotatable bonds is 4. The summed E-state index contributed by atoms with van der Waals surface area (Å²) in [6.45, 7) is 5.33. The Morgan fingerprint density at radius 1 is 1.21 bits per heavy atom. The molecule has 0 radical (unpaired) electrons. The molecule has 0 bridgehead atoms. The van der Waals surface area contributed by atoms with Gasteiger partial charge in [0.25, 0.3) is 0 Å². The van der Waals surface area contributed by atoms with Crippen LogP contribution in [0, 0.1) is 25.2 Å². The molecule has 0 N–H and O–H groups in total. The number of aryl methyl sites for hydroxylation is 2. The Kier molecular flexibility index (Phi) is 3.74. The summed E-state index contributed by atoms with van der Waals surface area (Å²) in [6, 6.07) is 6.95. The van der Waals surface area contributed by atoms with Crippen molar-refractivity contribution < 1.29 is 4.74 Å². The van der Waals surface area contributed by atoms with Crippen LogP contribution in [-0.2, 0) is 11.2 Å². The molecule has 19 heavy (non-hydrogen) atoms. The SMILES string of the molecule is Cc1cc(C)cc(CC2(CBr)CCOC2C2CC2)c1. The number of alkyl halides is 1. The molecule has 2 heteroatoms. The van der Waals surface area contributed by atoms with Crippen LogP contribution in [0.15, 0.2) is 18.2 Å². The lowest BCUT2D eigenvalue weighted by Gasteiger charge is -2.33. The van der Waals surface area contributed by atoms with Crippen molar-refractivity contribution in [3.8, 4) is 0 Å². The van der Waals surface area contributed by atoms with E-state index >= 15 is 0 Å². The molecule has 1 saturated carbocycles. The van der Waals surface area contributed by atoms with Crippen molar-refractivity contribution in [1.82, 2.24) is 0 Å². The van der Waals surface area contributed by atoms with E-state index in [9.17, 15) is 0 Å². The van der Waals surface area contributed by atoms with E-state index in [1.54, 1.807) is 0 Å². The van der Waals surface area contributed by atoms with E-state index in [1.165, 1.54) is 36.0 Å². The van der Waals surface area contributed by atoms with Crippen LogP contribution < -0.4 is 0 Å². The third-order valence-electron chi connectivity index (χ3n) is 4.65. The van der Waals surface area contributed by atoms with E-state index in [4.69, 9.17) is 4.74 Å². The van der Waals surface area contributed by atoms with Crippen LogP contribution in [0.25, 0.3) is 0 Å². The summed E-state index contributed by atoms with van der Waals surface area (Å²) >= 11 is 3.78. The van der Waals surface area contributed by atoms with Gasteiger partial charge in [-0.3, -0.25) is 0 Å². The van der Waals surface area contributed by atoms with E-state index in [1.807, 2.05) is 0 Å². The lowest BCUT2D eigenvalue weighted by atomic mass is 9.75. The standard InChI is InChI=1S/C17H23BrO/c1-12-7-13(2)9-14(8-12)10-17(11-18)5-6-19-16(17)15-3-4-15/h7-9,15-16H,3-6,10-11H2,1-2H3. The summed E-state index contributed by atoms with van der Waals surface area (Å²) in [5.41, 5.74) is 4.55. The fourth-order valence-electron chi connectivity index (χ4n) is 3.70. The van der Waals surface area contributed by atoms with Gasteiger partial charge in [0.05, 0.1) is 6.10 Å². The van der Waals surface area contributed by atoms with Crippen molar-refractivity contribution in [2.45, 2.75) is 45.6 Å². The Bertz CT molecular complexity index is 446. The second-order valence-corrected chi connectivity index (χ2v) is 7.11. The van der Waals surface area contributed by atoms with Crippen LogP contribution in [0.4, 0.5) is 0 Å². The molecule has 1 nitrogen and oxygen atoms in total. The molecule has 2 aliphatic rings. The predicted octanol–water partition coefficient (Wildman–Crippen LogP) is 4.43. The number of hydrogen-bond donors (Lipinski definition) is 0. The fraction of sp³-hybridized carbons (Fsp3) is 0.647. The number of ether oxygens (including phenoxy) is 1. The minimum atomic E-state index is 0.321. The van der Waals surface area contributed by atoms with Gasteiger partial charge in [-0.2, -0.15) is 0 Å². The molecule has 1 aliphatic carbocycles. The smallest absolute Gasteiger partial charge is 0.0671 e. The summed E-state index contributed by atoms with van der Waals surface area (Å²) in [4.78, 5) is 0. The van der Waals surface area contributed by atoms with Gasteiger partial charge >= 0.3 is 0 Å². The molecule has 2 unspecified atom stereocenters. The fourth-order valence-corrected chi connectivity index (χ4v) is 4.50. The van der Waals surface area contributed by atoms with Crippen molar-refractivity contribution in [1.29, 1.82) is 0 Å². The minimum Gasteiger partial charge on any atom is -0.377 e. The van der Waals surface area contributed by atoms with Crippen molar-refractivity contribution in [3.63, 3.8) is 0 Å². The zero-order valence-corrected chi connectivity index (χ0v) is 13.5. The van der Waals surface area contributed by atoms with Crippen molar-refractivity contribution in [3.05, 3.63) is 34.9 Å². The normalized spacial score (nSPS) is 30.8. The summed E-state index contributed by atoms with van der Waals surface area (Å²) in [5.74, 6) is 0.825. The molecule has 2 atom stereocenters. The van der Waals surface area contributed by atoms with E-state index in [2.05, 4.69) is 48.0 Å².